The number of nitrogens with two attached hydrogens (primary N) is 1. The summed E-state index contributed by atoms with van der Waals surface area (Å²) in [7, 11) is 0. The second-order valence-corrected chi connectivity index (χ2v) is 6.12. The van der Waals surface area contributed by atoms with Gasteiger partial charge in [-0.1, -0.05) is 15.9 Å². The third-order valence-corrected chi connectivity index (χ3v) is 4.16. The molecular formula is C14H14BrN3O3. The van der Waals surface area contributed by atoms with Crippen molar-refractivity contribution in [2.75, 3.05) is 0 Å². The summed E-state index contributed by atoms with van der Waals surface area (Å²) in [5, 5.41) is 11.9. The Balaban J connectivity index is 2.09. The first-order valence-electron chi connectivity index (χ1n) is 6.69. The number of hydrogen-bond donors (Lipinski definition) is 1. The summed E-state index contributed by atoms with van der Waals surface area (Å²) in [6.45, 7) is 0. The Morgan fingerprint density at radius 2 is 2.24 bits per heavy atom. The number of benzene rings is 1. The van der Waals surface area contributed by atoms with E-state index in [9.17, 15) is 10.1 Å². The van der Waals surface area contributed by atoms with Crippen LogP contribution < -0.4 is 10.5 Å². The van der Waals surface area contributed by atoms with Gasteiger partial charge in [-0.3, -0.25) is 10.1 Å². The molecule has 0 radical (unpaired) electrons. The van der Waals surface area contributed by atoms with E-state index in [0.717, 1.165) is 23.7 Å². The largest absolute Gasteiger partial charge is 0.483 e. The number of rotatable bonds is 3. The summed E-state index contributed by atoms with van der Waals surface area (Å²) in [5.41, 5.74) is 6.44. The van der Waals surface area contributed by atoms with E-state index in [1.54, 1.807) is 12.1 Å². The molecule has 0 saturated heterocycles. The van der Waals surface area contributed by atoms with Crippen molar-refractivity contribution in [3.8, 4) is 5.75 Å². The normalized spacial score (nSPS) is 21.6. The van der Waals surface area contributed by atoms with E-state index in [1.165, 1.54) is 6.20 Å². The van der Waals surface area contributed by atoms with Crippen LogP contribution in [0.5, 0.6) is 5.75 Å². The third-order valence-electron chi connectivity index (χ3n) is 3.67. The fraction of sp³-hybridized carbons (Fsp3) is 0.357. The molecule has 0 bridgehead atoms. The molecule has 1 aromatic heterocycles. The van der Waals surface area contributed by atoms with Crippen molar-refractivity contribution in [1.82, 2.24) is 4.98 Å². The minimum Gasteiger partial charge on any atom is -0.483 e. The molecule has 1 aromatic carbocycles. The van der Waals surface area contributed by atoms with Crippen molar-refractivity contribution in [2.24, 2.45) is 5.73 Å². The minimum atomic E-state index is -0.461. The molecule has 0 aliphatic heterocycles. The van der Waals surface area contributed by atoms with Crippen LogP contribution in [0.1, 0.15) is 19.3 Å². The maximum atomic E-state index is 11.2. The van der Waals surface area contributed by atoms with Crippen LogP contribution >= 0.6 is 15.9 Å². The third kappa shape index (κ3) is 2.84. The van der Waals surface area contributed by atoms with Crippen molar-refractivity contribution in [3.05, 3.63) is 39.0 Å². The molecule has 6 nitrogen and oxygen atoms in total. The molecule has 2 unspecified atom stereocenters. The number of ether oxygens (including phenoxy) is 1. The van der Waals surface area contributed by atoms with E-state index in [1.807, 2.05) is 6.07 Å². The topological polar surface area (TPSA) is 91.3 Å². The van der Waals surface area contributed by atoms with Crippen LogP contribution in [0.3, 0.4) is 0 Å². The van der Waals surface area contributed by atoms with Gasteiger partial charge >= 0.3 is 5.69 Å². The van der Waals surface area contributed by atoms with Gasteiger partial charge < -0.3 is 10.5 Å². The maximum absolute atomic E-state index is 11.2. The Morgan fingerprint density at radius 1 is 1.43 bits per heavy atom. The van der Waals surface area contributed by atoms with E-state index in [-0.39, 0.29) is 23.6 Å². The highest BCUT2D eigenvalue weighted by Crippen LogP contribution is 2.37. The molecule has 2 aromatic rings. The van der Waals surface area contributed by atoms with Crippen LogP contribution in [-0.2, 0) is 0 Å². The molecule has 0 spiro atoms. The highest BCUT2D eigenvalue weighted by molar-refractivity contribution is 9.10. The van der Waals surface area contributed by atoms with Crippen LogP contribution in [-0.4, -0.2) is 22.1 Å². The Hall–Kier alpha value is -1.73. The van der Waals surface area contributed by atoms with E-state index in [2.05, 4.69) is 20.9 Å². The predicted octanol–water partition coefficient (Wildman–Crippen LogP) is 3.16. The lowest BCUT2D eigenvalue weighted by Crippen LogP contribution is -2.19. The molecule has 2 N–H and O–H groups in total. The summed E-state index contributed by atoms with van der Waals surface area (Å²) in [6.07, 6.45) is 3.58. The minimum absolute atomic E-state index is 0.0803. The fourth-order valence-corrected chi connectivity index (χ4v) is 2.99. The van der Waals surface area contributed by atoms with Crippen LogP contribution in [0.4, 0.5) is 5.69 Å². The van der Waals surface area contributed by atoms with E-state index in [0.29, 0.717) is 10.9 Å². The number of aromatic nitrogens is 1. The zero-order chi connectivity index (χ0) is 15.0. The molecule has 7 heteroatoms. The number of nitrogens with zero attached hydrogens (tertiary/aromatic N) is 2. The smallest absolute Gasteiger partial charge is 0.329 e. The van der Waals surface area contributed by atoms with Crippen molar-refractivity contribution >= 4 is 32.5 Å². The molecule has 2 atom stereocenters. The number of nitro groups is 1. The van der Waals surface area contributed by atoms with Crippen molar-refractivity contribution in [1.29, 1.82) is 0 Å². The monoisotopic (exact) mass is 351 g/mol. The van der Waals surface area contributed by atoms with Gasteiger partial charge in [-0.2, -0.15) is 0 Å². The highest BCUT2D eigenvalue weighted by Gasteiger charge is 2.28. The number of pyridine rings is 1. The summed E-state index contributed by atoms with van der Waals surface area (Å²) in [5.74, 6) is 0.283. The van der Waals surface area contributed by atoms with Crippen LogP contribution in [0.2, 0.25) is 0 Å². The van der Waals surface area contributed by atoms with E-state index >= 15 is 0 Å². The summed E-state index contributed by atoms with van der Waals surface area (Å²) < 4.78 is 6.75. The second-order valence-electron chi connectivity index (χ2n) is 5.20. The Kier molecular flexibility index (Phi) is 3.77. The van der Waals surface area contributed by atoms with Crippen molar-refractivity contribution in [2.45, 2.75) is 31.4 Å². The van der Waals surface area contributed by atoms with Gasteiger partial charge in [-0.25, -0.2) is 4.98 Å². The number of fused-ring (bicyclic) bond motifs is 1. The molecular weight excluding hydrogens is 338 g/mol. The van der Waals surface area contributed by atoms with Crippen LogP contribution in [0.25, 0.3) is 10.9 Å². The van der Waals surface area contributed by atoms with Gasteiger partial charge in [0.15, 0.2) is 0 Å². The fourth-order valence-electron chi connectivity index (χ4n) is 2.63. The first-order chi connectivity index (χ1) is 10.0. The molecule has 0 amide bonds. The van der Waals surface area contributed by atoms with Gasteiger partial charge in [-0.15, -0.1) is 0 Å². The Bertz CT molecular complexity index is 707. The van der Waals surface area contributed by atoms with Crippen molar-refractivity contribution in [3.63, 3.8) is 0 Å². The maximum Gasteiger partial charge on any atom is 0.329 e. The van der Waals surface area contributed by atoms with Crippen molar-refractivity contribution < 1.29 is 9.66 Å². The lowest BCUT2D eigenvalue weighted by atomic mass is 10.2. The van der Waals surface area contributed by atoms with Crippen LogP contribution in [0, 0.1) is 10.1 Å². The zero-order valence-corrected chi connectivity index (χ0v) is 12.7. The first-order valence-corrected chi connectivity index (χ1v) is 7.49. The van der Waals surface area contributed by atoms with Gasteiger partial charge in [0.1, 0.15) is 12.3 Å². The number of halogens is 1. The average molecular weight is 352 g/mol. The molecule has 110 valence electrons. The first kappa shape index (κ1) is 14.2. The highest BCUT2D eigenvalue weighted by atomic mass is 79.9. The van der Waals surface area contributed by atoms with Gasteiger partial charge in [0.2, 0.25) is 5.75 Å². The predicted molar refractivity (Wildman–Crippen MR) is 82.3 cm³/mol. The van der Waals surface area contributed by atoms with Gasteiger partial charge in [0.05, 0.1) is 15.8 Å². The van der Waals surface area contributed by atoms with Gasteiger partial charge in [0, 0.05) is 10.5 Å². The second kappa shape index (κ2) is 5.57. The Labute approximate surface area is 129 Å². The lowest BCUT2D eigenvalue weighted by molar-refractivity contribution is -0.386. The molecule has 1 aliphatic carbocycles. The summed E-state index contributed by atoms with van der Waals surface area (Å²) in [6, 6.07) is 5.54. The number of hydrogen-bond acceptors (Lipinski definition) is 5. The van der Waals surface area contributed by atoms with Crippen LogP contribution in [0.15, 0.2) is 28.9 Å². The van der Waals surface area contributed by atoms with Gasteiger partial charge in [0.25, 0.3) is 0 Å². The SMILES string of the molecule is NC1CCC(Oc2c([N+](=O)[O-])cnc3ccc(Br)cc23)C1. The molecule has 21 heavy (non-hydrogen) atoms. The summed E-state index contributed by atoms with van der Waals surface area (Å²) in [4.78, 5) is 14.9. The summed E-state index contributed by atoms with van der Waals surface area (Å²) >= 11 is 3.38. The van der Waals surface area contributed by atoms with E-state index in [4.69, 9.17) is 10.5 Å². The molecule has 1 fully saturated rings. The molecule has 1 heterocycles. The molecule has 3 rings (SSSR count). The zero-order valence-electron chi connectivity index (χ0n) is 11.2. The average Bonchev–Trinajstić information content (AvgIpc) is 2.84. The Morgan fingerprint density at radius 3 is 2.90 bits per heavy atom. The molecule has 1 saturated carbocycles. The lowest BCUT2D eigenvalue weighted by Gasteiger charge is -2.15. The van der Waals surface area contributed by atoms with E-state index < -0.39 is 4.92 Å². The molecule has 1 aliphatic rings. The van der Waals surface area contributed by atoms with Gasteiger partial charge in [-0.05, 0) is 37.5 Å². The standard InChI is InChI=1S/C14H14BrN3O3/c15-8-1-4-12-11(5-8)14(13(7-17-12)18(19)20)21-10-3-2-9(16)6-10/h1,4-5,7,9-10H,2-3,6,16H2. The quantitative estimate of drug-likeness (QED) is 0.677.